The Hall–Kier alpha value is -1.03. The summed E-state index contributed by atoms with van der Waals surface area (Å²) in [5.41, 5.74) is -0.0836. The zero-order valence-corrected chi connectivity index (χ0v) is 18.9. The number of nitrogens with one attached hydrogen (secondary N) is 2. The van der Waals surface area contributed by atoms with Gasteiger partial charge < -0.3 is 15.4 Å². The minimum atomic E-state index is -4.31. The predicted octanol–water partition coefficient (Wildman–Crippen LogP) is 4.73. The fraction of sp³-hybridized carbons (Fsp3) is 0.650. The van der Waals surface area contributed by atoms with Crippen LogP contribution in [0.3, 0.4) is 0 Å². The van der Waals surface area contributed by atoms with Gasteiger partial charge in [0.1, 0.15) is 0 Å². The third-order valence-electron chi connectivity index (χ3n) is 5.14. The van der Waals surface area contributed by atoms with Crippen LogP contribution in [0.4, 0.5) is 13.2 Å². The van der Waals surface area contributed by atoms with Gasteiger partial charge in [-0.1, -0.05) is 24.6 Å². The zero-order chi connectivity index (χ0) is 19.8. The highest BCUT2D eigenvalue weighted by molar-refractivity contribution is 14.0. The van der Waals surface area contributed by atoms with Crippen molar-refractivity contribution in [1.82, 2.24) is 10.6 Å². The van der Waals surface area contributed by atoms with Crippen LogP contribution in [0.1, 0.15) is 50.2 Å². The molecule has 0 unspecified atom stereocenters. The second kappa shape index (κ2) is 11.8. The van der Waals surface area contributed by atoms with Crippen molar-refractivity contribution in [3.63, 3.8) is 0 Å². The average Bonchev–Trinajstić information content (AvgIpc) is 2.61. The molecule has 0 bridgehead atoms. The van der Waals surface area contributed by atoms with E-state index in [0.717, 1.165) is 63.5 Å². The Balaban J connectivity index is 0.00000392. The van der Waals surface area contributed by atoms with E-state index in [1.165, 1.54) is 12.1 Å². The highest BCUT2D eigenvalue weighted by atomic mass is 127. The maximum absolute atomic E-state index is 13.0. The smallest absolute Gasteiger partial charge is 0.382 e. The molecule has 1 fully saturated rings. The summed E-state index contributed by atoms with van der Waals surface area (Å²) in [6.45, 7) is 4.82. The molecule has 1 aromatic rings. The van der Waals surface area contributed by atoms with Crippen LogP contribution in [-0.2, 0) is 16.3 Å². The quantitative estimate of drug-likeness (QED) is 0.217. The molecular formula is C20H31F3IN3O. The van der Waals surface area contributed by atoms with Crippen LogP contribution in [0.15, 0.2) is 29.3 Å². The van der Waals surface area contributed by atoms with Gasteiger partial charge in [0.25, 0.3) is 0 Å². The molecule has 0 spiro atoms. The summed E-state index contributed by atoms with van der Waals surface area (Å²) < 4.78 is 44.4. The molecule has 1 aromatic carbocycles. The SMILES string of the molecule is CCOCCCCNC(=NC)NCC1(c2cccc(C(F)(F)F)c2)CCC1.I. The lowest BCUT2D eigenvalue weighted by Gasteiger charge is -2.43. The van der Waals surface area contributed by atoms with Gasteiger partial charge in [0.15, 0.2) is 5.96 Å². The molecule has 0 atom stereocenters. The topological polar surface area (TPSA) is 45.6 Å². The lowest BCUT2D eigenvalue weighted by Crippen LogP contribution is -2.49. The van der Waals surface area contributed by atoms with Gasteiger partial charge in [-0.15, -0.1) is 24.0 Å². The van der Waals surface area contributed by atoms with E-state index < -0.39 is 11.7 Å². The Labute approximate surface area is 182 Å². The Morgan fingerprint density at radius 2 is 1.96 bits per heavy atom. The van der Waals surface area contributed by atoms with Gasteiger partial charge in [-0.3, -0.25) is 4.99 Å². The lowest BCUT2D eigenvalue weighted by molar-refractivity contribution is -0.137. The van der Waals surface area contributed by atoms with Crippen molar-refractivity contribution in [1.29, 1.82) is 0 Å². The number of guanidine groups is 1. The second-order valence-corrected chi connectivity index (χ2v) is 6.97. The van der Waals surface area contributed by atoms with Crippen molar-refractivity contribution in [2.75, 3.05) is 33.4 Å². The number of alkyl halides is 3. The Kier molecular flexibility index (Phi) is 10.6. The fourth-order valence-corrected chi connectivity index (χ4v) is 3.35. The summed E-state index contributed by atoms with van der Waals surface area (Å²) in [6, 6.07) is 5.74. The first-order valence-corrected chi connectivity index (χ1v) is 9.61. The largest absolute Gasteiger partial charge is 0.416 e. The van der Waals surface area contributed by atoms with Crippen LogP contribution < -0.4 is 10.6 Å². The number of aliphatic imine (C=N–C) groups is 1. The molecule has 8 heteroatoms. The molecule has 1 aliphatic carbocycles. The van der Waals surface area contributed by atoms with Gasteiger partial charge in [0.05, 0.1) is 5.56 Å². The molecule has 1 aliphatic rings. The molecule has 0 saturated heterocycles. The first-order valence-electron chi connectivity index (χ1n) is 9.61. The highest BCUT2D eigenvalue weighted by Gasteiger charge is 2.40. The van der Waals surface area contributed by atoms with Gasteiger partial charge in [-0.2, -0.15) is 13.2 Å². The molecule has 28 heavy (non-hydrogen) atoms. The van der Waals surface area contributed by atoms with Crippen molar-refractivity contribution >= 4 is 29.9 Å². The monoisotopic (exact) mass is 513 g/mol. The van der Waals surface area contributed by atoms with Crippen molar-refractivity contribution < 1.29 is 17.9 Å². The van der Waals surface area contributed by atoms with Crippen LogP contribution in [0.5, 0.6) is 0 Å². The van der Waals surface area contributed by atoms with Crippen molar-refractivity contribution in [2.24, 2.45) is 4.99 Å². The number of hydrogen-bond acceptors (Lipinski definition) is 2. The number of rotatable bonds is 9. The number of ether oxygens (including phenoxy) is 1. The summed E-state index contributed by atoms with van der Waals surface area (Å²) in [6.07, 6.45) is 0.430. The minimum absolute atomic E-state index is 0. The molecule has 1 saturated carbocycles. The number of halogens is 4. The molecule has 4 nitrogen and oxygen atoms in total. The number of nitrogens with zero attached hydrogens (tertiary/aromatic N) is 1. The second-order valence-electron chi connectivity index (χ2n) is 6.97. The summed E-state index contributed by atoms with van der Waals surface area (Å²) in [5.74, 6) is 0.685. The van der Waals surface area contributed by atoms with E-state index in [1.807, 2.05) is 6.92 Å². The van der Waals surface area contributed by atoms with Crippen LogP contribution in [-0.4, -0.2) is 39.3 Å². The maximum Gasteiger partial charge on any atom is 0.416 e. The van der Waals surface area contributed by atoms with E-state index in [4.69, 9.17) is 4.74 Å². The van der Waals surface area contributed by atoms with E-state index in [0.29, 0.717) is 12.5 Å². The molecule has 0 aliphatic heterocycles. The number of hydrogen-bond donors (Lipinski definition) is 2. The lowest BCUT2D eigenvalue weighted by atomic mass is 9.64. The van der Waals surface area contributed by atoms with E-state index in [-0.39, 0.29) is 29.4 Å². The molecule has 0 radical (unpaired) electrons. The molecule has 0 amide bonds. The van der Waals surface area contributed by atoms with Crippen LogP contribution in [0.2, 0.25) is 0 Å². The third kappa shape index (κ3) is 7.09. The summed E-state index contributed by atoms with van der Waals surface area (Å²) in [4.78, 5) is 4.22. The standard InChI is InChI=1S/C20H30F3N3O.HI/c1-3-27-13-5-4-12-25-18(24-2)26-15-19(10-7-11-19)16-8-6-9-17(14-16)20(21,22)23;/h6,8-9,14H,3-5,7,10-13,15H2,1-2H3,(H2,24,25,26);1H. The van der Waals surface area contributed by atoms with Gasteiger partial charge in [0, 0.05) is 38.8 Å². The van der Waals surface area contributed by atoms with Gasteiger partial charge in [-0.25, -0.2) is 0 Å². The number of unbranched alkanes of at least 4 members (excludes halogenated alkanes) is 1. The molecule has 2 N–H and O–H groups in total. The van der Waals surface area contributed by atoms with Gasteiger partial charge in [0.2, 0.25) is 0 Å². The number of benzene rings is 1. The van der Waals surface area contributed by atoms with Crippen LogP contribution in [0.25, 0.3) is 0 Å². The third-order valence-corrected chi connectivity index (χ3v) is 5.14. The van der Waals surface area contributed by atoms with Gasteiger partial charge >= 0.3 is 6.18 Å². The molecule has 0 heterocycles. The van der Waals surface area contributed by atoms with E-state index in [9.17, 15) is 13.2 Å². The highest BCUT2D eigenvalue weighted by Crippen LogP contribution is 2.44. The summed E-state index contributed by atoms with van der Waals surface area (Å²) >= 11 is 0. The zero-order valence-electron chi connectivity index (χ0n) is 16.6. The van der Waals surface area contributed by atoms with Gasteiger partial charge in [-0.05, 0) is 44.2 Å². The van der Waals surface area contributed by atoms with Crippen molar-refractivity contribution in [2.45, 2.75) is 50.6 Å². The Bertz CT molecular complexity index is 619. The van der Waals surface area contributed by atoms with Crippen molar-refractivity contribution in [3.8, 4) is 0 Å². The summed E-state index contributed by atoms with van der Waals surface area (Å²) in [7, 11) is 1.70. The first kappa shape index (κ1) is 25.0. The Morgan fingerprint density at radius 1 is 1.21 bits per heavy atom. The molecule has 2 rings (SSSR count). The molecule has 0 aromatic heterocycles. The van der Waals surface area contributed by atoms with Crippen molar-refractivity contribution in [3.05, 3.63) is 35.4 Å². The summed E-state index contributed by atoms with van der Waals surface area (Å²) in [5, 5.41) is 6.55. The van der Waals surface area contributed by atoms with E-state index in [2.05, 4.69) is 15.6 Å². The molecular weight excluding hydrogens is 482 g/mol. The normalized spacial score (nSPS) is 16.1. The average molecular weight is 513 g/mol. The first-order chi connectivity index (χ1) is 12.9. The van der Waals surface area contributed by atoms with Crippen LogP contribution in [0, 0.1) is 0 Å². The van der Waals surface area contributed by atoms with E-state index in [1.54, 1.807) is 13.1 Å². The Morgan fingerprint density at radius 3 is 2.54 bits per heavy atom. The van der Waals surface area contributed by atoms with E-state index >= 15 is 0 Å². The maximum atomic E-state index is 13.0. The molecule has 160 valence electrons. The minimum Gasteiger partial charge on any atom is -0.382 e. The fourth-order valence-electron chi connectivity index (χ4n) is 3.35. The predicted molar refractivity (Wildman–Crippen MR) is 117 cm³/mol. The van der Waals surface area contributed by atoms with Crippen LogP contribution >= 0.6 is 24.0 Å².